The van der Waals surface area contributed by atoms with E-state index >= 15 is 0 Å². The lowest BCUT2D eigenvalue weighted by Crippen LogP contribution is -2.41. The van der Waals surface area contributed by atoms with Crippen LogP contribution in [-0.2, 0) is 0 Å². The molecule has 0 atom stereocenters. The standard InChI is InChI=1S/C18H21NO5/c1-21-15-4-3-5-16(22-2)17(15)24-14-6-9-19(10-7-14)18(20)13-8-11-23-12-13/h3-5,8,11-12,14H,6-7,9-10H2,1-2H3. The summed E-state index contributed by atoms with van der Waals surface area (Å²) in [7, 11) is 3.21. The Bertz CT molecular complexity index is 652. The van der Waals surface area contributed by atoms with E-state index < -0.39 is 0 Å². The van der Waals surface area contributed by atoms with Crippen molar-refractivity contribution in [1.29, 1.82) is 0 Å². The fraction of sp³-hybridized carbons (Fsp3) is 0.389. The second kappa shape index (κ2) is 7.29. The number of hydrogen-bond acceptors (Lipinski definition) is 5. The number of likely N-dealkylation sites (tertiary alicyclic amines) is 1. The van der Waals surface area contributed by atoms with Crippen molar-refractivity contribution in [2.75, 3.05) is 27.3 Å². The van der Waals surface area contributed by atoms with Crippen molar-refractivity contribution < 1.29 is 23.4 Å². The SMILES string of the molecule is COc1cccc(OC)c1OC1CCN(C(=O)c2ccoc2)CC1. The zero-order chi connectivity index (χ0) is 16.9. The van der Waals surface area contributed by atoms with Crippen LogP contribution in [0.2, 0.25) is 0 Å². The molecular weight excluding hydrogens is 310 g/mol. The molecule has 0 bridgehead atoms. The third kappa shape index (κ3) is 3.32. The van der Waals surface area contributed by atoms with Crippen LogP contribution in [0.1, 0.15) is 23.2 Å². The number of para-hydroxylation sites is 1. The summed E-state index contributed by atoms with van der Waals surface area (Å²) in [5, 5.41) is 0. The summed E-state index contributed by atoms with van der Waals surface area (Å²) in [5.74, 6) is 1.90. The Morgan fingerprint density at radius 2 is 1.79 bits per heavy atom. The van der Waals surface area contributed by atoms with E-state index in [-0.39, 0.29) is 12.0 Å². The maximum absolute atomic E-state index is 12.3. The lowest BCUT2D eigenvalue weighted by Gasteiger charge is -2.32. The van der Waals surface area contributed by atoms with Crippen molar-refractivity contribution in [3.8, 4) is 17.2 Å². The van der Waals surface area contributed by atoms with Gasteiger partial charge in [0.25, 0.3) is 5.91 Å². The smallest absolute Gasteiger partial charge is 0.257 e. The van der Waals surface area contributed by atoms with Gasteiger partial charge in [0.1, 0.15) is 12.4 Å². The minimum Gasteiger partial charge on any atom is -0.493 e. The second-order valence-electron chi connectivity index (χ2n) is 5.61. The third-order valence-electron chi connectivity index (χ3n) is 4.16. The first-order valence-corrected chi connectivity index (χ1v) is 7.92. The van der Waals surface area contributed by atoms with Gasteiger partial charge < -0.3 is 23.5 Å². The van der Waals surface area contributed by atoms with Gasteiger partial charge in [-0.1, -0.05) is 6.07 Å². The van der Waals surface area contributed by atoms with E-state index in [9.17, 15) is 4.79 Å². The van der Waals surface area contributed by atoms with Crippen LogP contribution in [0, 0.1) is 0 Å². The number of carbonyl (C=O) groups is 1. The molecule has 1 saturated heterocycles. The van der Waals surface area contributed by atoms with Gasteiger partial charge in [0, 0.05) is 25.9 Å². The molecule has 0 spiro atoms. The van der Waals surface area contributed by atoms with Gasteiger partial charge in [0.15, 0.2) is 11.5 Å². The Morgan fingerprint density at radius 1 is 1.12 bits per heavy atom. The number of methoxy groups -OCH3 is 2. The highest BCUT2D eigenvalue weighted by atomic mass is 16.5. The average Bonchev–Trinajstić information content (AvgIpc) is 3.16. The molecular formula is C18H21NO5. The van der Waals surface area contributed by atoms with Crippen molar-refractivity contribution in [2.45, 2.75) is 18.9 Å². The fourth-order valence-corrected chi connectivity index (χ4v) is 2.85. The Kier molecular flexibility index (Phi) is 4.93. The number of amides is 1. The first-order valence-electron chi connectivity index (χ1n) is 7.92. The maximum atomic E-state index is 12.3. The van der Waals surface area contributed by atoms with Gasteiger partial charge in [-0.05, 0) is 18.2 Å². The van der Waals surface area contributed by atoms with Gasteiger partial charge in [-0.2, -0.15) is 0 Å². The molecule has 2 aromatic rings. The summed E-state index contributed by atoms with van der Waals surface area (Å²) < 4.78 is 21.8. The molecule has 1 fully saturated rings. The van der Waals surface area contributed by atoms with Crippen LogP contribution >= 0.6 is 0 Å². The van der Waals surface area contributed by atoms with Crippen LogP contribution < -0.4 is 14.2 Å². The monoisotopic (exact) mass is 331 g/mol. The number of nitrogens with zero attached hydrogens (tertiary/aromatic N) is 1. The lowest BCUT2D eigenvalue weighted by molar-refractivity contribution is 0.0584. The first-order chi connectivity index (χ1) is 11.7. The molecule has 128 valence electrons. The van der Waals surface area contributed by atoms with Crippen molar-refractivity contribution in [2.24, 2.45) is 0 Å². The van der Waals surface area contributed by atoms with E-state index in [1.165, 1.54) is 12.5 Å². The van der Waals surface area contributed by atoms with Crippen LogP contribution in [0.5, 0.6) is 17.2 Å². The minimum atomic E-state index is -0.00271. The number of benzene rings is 1. The summed E-state index contributed by atoms with van der Waals surface area (Å²) in [6.45, 7) is 1.29. The number of ether oxygens (including phenoxy) is 3. The molecule has 0 radical (unpaired) electrons. The maximum Gasteiger partial charge on any atom is 0.257 e. The summed E-state index contributed by atoms with van der Waals surface area (Å²) >= 11 is 0. The highest BCUT2D eigenvalue weighted by Gasteiger charge is 2.26. The summed E-state index contributed by atoms with van der Waals surface area (Å²) in [6, 6.07) is 7.23. The Labute approximate surface area is 140 Å². The lowest BCUT2D eigenvalue weighted by atomic mass is 10.1. The number of carbonyl (C=O) groups excluding carboxylic acids is 1. The topological polar surface area (TPSA) is 61.1 Å². The van der Waals surface area contributed by atoms with E-state index in [4.69, 9.17) is 18.6 Å². The summed E-state index contributed by atoms with van der Waals surface area (Å²) in [6.07, 6.45) is 4.51. The zero-order valence-electron chi connectivity index (χ0n) is 13.9. The Hall–Kier alpha value is -2.63. The summed E-state index contributed by atoms with van der Waals surface area (Å²) in [5.41, 5.74) is 0.584. The molecule has 0 aliphatic carbocycles. The number of furan rings is 1. The highest BCUT2D eigenvalue weighted by molar-refractivity contribution is 5.93. The predicted octanol–water partition coefficient (Wildman–Crippen LogP) is 2.98. The van der Waals surface area contributed by atoms with E-state index in [0.29, 0.717) is 35.9 Å². The van der Waals surface area contributed by atoms with Gasteiger partial charge in [-0.15, -0.1) is 0 Å². The van der Waals surface area contributed by atoms with E-state index in [2.05, 4.69) is 0 Å². The molecule has 1 aromatic heterocycles. The molecule has 2 heterocycles. The molecule has 0 N–H and O–H groups in total. The van der Waals surface area contributed by atoms with E-state index in [1.807, 2.05) is 23.1 Å². The molecule has 6 heteroatoms. The van der Waals surface area contributed by atoms with Crippen molar-refractivity contribution in [3.63, 3.8) is 0 Å². The quantitative estimate of drug-likeness (QED) is 0.843. The molecule has 6 nitrogen and oxygen atoms in total. The van der Waals surface area contributed by atoms with Crippen LogP contribution in [0.4, 0.5) is 0 Å². The van der Waals surface area contributed by atoms with Gasteiger partial charge >= 0.3 is 0 Å². The zero-order valence-corrected chi connectivity index (χ0v) is 13.9. The molecule has 1 amide bonds. The molecule has 1 aromatic carbocycles. The first kappa shape index (κ1) is 16.2. The minimum absolute atomic E-state index is 0.00271. The van der Waals surface area contributed by atoms with Crippen LogP contribution in [0.25, 0.3) is 0 Å². The van der Waals surface area contributed by atoms with E-state index in [1.54, 1.807) is 20.3 Å². The van der Waals surface area contributed by atoms with E-state index in [0.717, 1.165) is 12.8 Å². The van der Waals surface area contributed by atoms with Crippen LogP contribution in [-0.4, -0.2) is 44.2 Å². The summed E-state index contributed by atoms with van der Waals surface area (Å²) in [4.78, 5) is 14.1. The number of hydrogen-bond donors (Lipinski definition) is 0. The highest BCUT2D eigenvalue weighted by Crippen LogP contribution is 2.38. The van der Waals surface area contributed by atoms with Crippen LogP contribution in [0.3, 0.4) is 0 Å². The molecule has 24 heavy (non-hydrogen) atoms. The average molecular weight is 331 g/mol. The Morgan fingerprint density at radius 3 is 2.33 bits per heavy atom. The number of piperidine rings is 1. The number of rotatable bonds is 5. The molecule has 3 rings (SSSR count). The van der Waals surface area contributed by atoms with Crippen molar-refractivity contribution in [1.82, 2.24) is 4.90 Å². The molecule has 0 unspecified atom stereocenters. The van der Waals surface area contributed by atoms with Gasteiger partial charge in [0.2, 0.25) is 5.75 Å². The molecule has 1 aliphatic heterocycles. The fourth-order valence-electron chi connectivity index (χ4n) is 2.85. The van der Waals surface area contributed by atoms with Crippen molar-refractivity contribution in [3.05, 3.63) is 42.4 Å². The Balaban J connectivity index is 1.63. The van der Waals surface area contributed by atoms with Crippen LogP contribution in [0.15, 0.2) is 41.2 Å². The second-order valence-corrected chi connectivity index (χ2v) is 5.61. The molecule has 1 aliphatic rings. The third-order valence-corrected chi connectivity index (χ3v) is 4.16. The van der Waals surface area contributed by atoms with Gasteiger partial charge in [-0.3, -0.25) is 4.79 Å². The predicted molar refractivity (Wildman–Crippen MR) is 87.8 cm³/mol. The van der Waals surface area contributed by atoms with Crippen molar-refractivity contribution >= 4 is 5.91 Å². The largest absolute Gasteiger partial charge is 0.493 e. The normalized spacial score (nSPS) is 15.2. The van der Waals surface area contributed by atoms with Gasteiger partial charge in [-0.25, -0.2) is 0 Å². The van der Waals surface area contributed by atoms with Gasteiger partial charge in [0.05, 0.1) is 26.0 Å². The molecule has 0 saturated carbocycles.